The van der Waals surface area contributed by atoms with Crippen molar-refractivity contribution in [3.63, 3.8) is 0 Å². The summed E-state index contributed by atoms with van der Waals surface area (Å²) >= 11 is 0. The van der Waals surface area contributed by atoms with E-state index >= 15 is 0 Å². The van der Waals surface area contributed by atoms with E-state index in [0.29, 0.717) is 35.4 Å². The smallest absolute Gasteiger partial charge is 0.271 e. The number of benzene rings is 1. The summed E-state index contributed by atoms with van der Waals surface area (Å²) in [5.41, 5.74) is 8.46. The highest BCUT2D eigenvalue weighted by atomic mass is 16.5. The predicted octanol–water partition coefficient (Wildman–Crippen LogP) is 3.19. The van der Waals surface area contributed by atoms with Gasteiger partial charge in [0.2, 0.25) is 11.8 Å². The quantitative estimate of drug-likeness (QED) is 0.367. The Balaban J connectivity index is 1.39. The third-order valence-corrected chi connectivity index (χ3v) is 7.22. The van der Waals surface area contributed by atoms with Gasteiger partial charge in [-0.15, -0.1) is 0 Å². The third kappa shape index (κ3) is 7.40. The van der Waals surface area contributed by atoms with E-state index < -0.39 is 17.9 Å². The van der Waals surface area contributed by atoms with Crippen molar-refractivity contribution in [2.24, 2.45) is 11.7 Å². The van der Waals surface area contributed by atoms with Crippen molar-refractivity contribution in [1.82, 2.24) is 15.6 Å². The first-order valence-corrected chi connectivity index (χ1v) is 13.4. The van der Waals surface area contributed by atoms with Crippen LogP contribution in [0.25, 0.3) is 0 Å². The molecular formula is C29H36N4O5. The number of nitrogens with zero attached hydrogens (tertiary/aromatic N) is 1. The molecule has 0 bridgehead atoms. The van der Waals surface area contributed by atoms with Crippen molar-refractivity contribution in [1.29, 1.82) is 0 Å². The van der Waals surface area contributed by atoms with E-state index in [1.807, 2.05) is 12.1 Å². The van der Waals surface area contributed by atoms with Gasteiger partial charge in [-0.3, -0.25) is 19.2 Å². The van der Waals surface area contributed by atoms with Crippen molar-refractivity contribution < 1.29 is 23.9 Å². The molecule has 2 fully saturated rings. The average Bonchev–Trinajstić information content (AvgIpc) is 3.76. The fraction of sp³-hybridized carbons (Fsp3) is 0.483. The summed E-state index contributed by atoms with van der Waals surface area (Å²) in [7, 11) is 0. The van der Waals surface area contributed by atoms with Crippen LogP contribution in [0.1, 0.15) is 95.5 Å². The molecule has 9 nitrogen and oxygen atoms in total. The predicted molar refractivity (Wildman–Crippen MR) is 142 cm³/mol. The molecule has 2 saturated carbocycles. The van der Waals surface area contributed by atoms with Crippen molar-refractivity contribution >= 4 is 24.0 Å². The molecule has 1 aromatic carbocycles. The molecule has 0 spiro atoms. The van der Waals surface area contributed by atoms with E-state index in [1.54, 1.807) is 18.2 Å². The van der Waals surface area contributed by atoms with Gasteiger partial charge in [-0.2, -0.15) is 0 Å². The van der Waals surface area contributed by atoms with Crippen molar-refractivity contribution in [2.45, 2.75) is 76.8 Å². The van der Waals surface area contributed by atoms with Gasteiger partial charge in [-0.25, -0.2) is 4.98 Å². The number of carbonyl (C=O) groups is 4. The number of primary amides is 1. The molecule has 0 radical (unpaired) electrons. The van der Waals surface area contributed by atoms with Crippen LogP contribution in [0.5, 0.6) is 5.75 Å². The number of nitrogens with two attached hydrogens (primary N) is 1. The minimum Gasteiger partial charge on any atom is -0.491 e. The summed E-state index contributed by atoms with van der Waals surface area (Å²) in [5, 5.41) is 5.47. The lowest BCUT2D eigenvalue weighted by Crippen LogP contribution is -2.47. The minimum atomic E-state index is -0.840. The third-order valence-electron chi connectivity index (χ3n) is 7.22. The van der Waals surface area contributed by atoms with Crippen LogP contribution in [-0.2, 0) is 22.6 Å². The minimum absolute atomic E-state index is 0.0307. The van der Waals surface area contributed by atoms with Gasteiger partial charge in [0.1, 0.15) is 12.3 Å². The molecule has 4 rings (SSSR count). The van der Waals surface area contributed by atoms with Crippen LogP contribution in [0, 0.1) is 5.92 Å². The molecule has 1 heterocycles. The maximum Gasteiger partial charge on any atom is 0.271 e. The average molecular weight is 521 g/mol. The Morgan fingerprint density at radius 1 is 1.11 bits per heavy atom. The number of carbonyl (C=O) groups excluding carboxylic acids is 4. The lowest BCUT2D eigenvalue weighted by Gasteiger charge is -2.22. The van der Waals surface area contributed by atoms with Gasteiger partial charge in [0, 0.05) is 18.9 Å². The van der Waals surface area contributed by atoms with E-state index in [-0.39, 0.29) is 24.6 Å². The molecule has 202 valence electrons. The van der Waals surface area contributed by atoms with Crippen LogP contribution in [0.3, 0.4) is 0 Å². The van der Waals surface area contributed by atoms with Crippen molar-refractivity contribution in [3.8, 4) is 5.75 Å². The molecule has 1 atom stereocenters. The molecule has 2 aliphatic rings. The maximum atomic E-state index is 13.0. The number of ether oxygens (including phenoxy) is 1. The number of hydrogen-bond acceptors (Lipinski definition) is 6. The highest BCUT2D eigenvalue weighted by Gasteiger charge is 2.27. The standard InChI is InChI=1S/C29H36N4O5/c1-18(35)32-25(14-20-7-11-24(21-8-9-21)22(13-20)16-34)29(37)31-15-23-10-12-26(27(33-23)28(30)36)38-17-19-5-3-2-4-6-19/h7,10-13,16,19,21,25H,2-6,8-9,14-15,17H2,1H3,(H2,30,36)(H,31,37)(H,32,35). The Kier molecular flexibility index (Phi) is 9.10. The Morgan fingerprint density at radius 3 is 2.53 bits per heavy atom. The topological polar surface area (TPSA) is 140 Å². The lowest BCUT2D eigenvalue weighted by molar-refractivity contribution is -0.128. The van der Waals surface area contributed by atoms with E-state index in [2.05, 4.69) is 15.6 Å². The van der Waals surface area contributed by atoms with Crippen LogP contribution < -0.4 is 21.1 Å². The highest BCUT2D eigenvalue weighted by molar-refractivity contribution is 5.93. The Hall–Kier alpha value is -3.75. The lowest BCUT2D eigenvalue weighted by atomic mass is 9.90. The van der Waals surface area contributed by atoms with E-state index in [0.717, 1.165) is 43.1 Å². The Bertz CT molecular complexity index is 1190. The van der Waals surface area contributed by atoms with Crippen LogP contribution in [0.15, 0.2) is 30.3 Å². The molecule has 1 unspecified atom stereocenters. The molecule has 2 aliphatic carbocycles. The summed E-state index contributed by atoms with van der Waals surface area (Å²) in [6.45, 7) is 1.91. The zero-order chi connectivity index (χ0) is 27.1. The van der Waals surface area contributed by atoms with Gasteiger partial charge < -0.3 is 21.1 Å². The largest absolute Gasteiger partial charge is 0.491 e. The van der Waals surface area contributed by atoms with Gasteiger partial charge in [0.15, 0.2) is 11.4 Å². The van der Waals surface area contributed by atoms with Crippen molar-refractivity contribution in [3.05, 3.63) is 58.4 Å². The summed E-state index contributed by atoms with van der Waals surface area (Å²) in [6, 6.07) is 8.12. The van der Waals surface area contributed by atoms with Crippen molar-refractivity contribution in [2.75, 3.05) is 6.61 Å². The number of hydrogen-bond donors (Lipinski definition) is 3. The molecule has 0 aliphatic heterocycles. The number of aldehydes is 1. The summed E-state index contributed by atoms with van der Waals surface area (Å²) in [4.78, 5) is 52.8. The van der Waals surface area contributed by atoms with Gasteiger partial charge in [0.05, 0.1) is 18.8 Å². The van der Waals surface area contributed by atoms with E-state index in [9.17, 15) is 19.2 Å². The van der Waals surface area contributed by atoms with Gasteiger partial charge in [-0.05, 0) is 66.8 Å². The second kappa shape index (κ2) is 12.7. The molecule has 4 N–H and O–H groups in total. The number of rotatable bonds is 12. The summed E-state index contributed by atoms with van der Waals surface area (Å²) in [6.07, 6.45) is 9.08. The zero-order valence-corrected chi connectivity index (χ0v) is 21.8. The second-order valence-electron chi connectivity index (χ2n) is 10.4. The Morgan fingerprint density at radius 2 is 1.87 bits per heavy atom. The van der Waals surface area contributed by atoms with E-state index in [4.69, 9.17) is 10.5 Å². The van der Waals surface area contributed by atoms with Gasteiger partial charge in [0.25, 0.3) is 5.91 Å². The molecule has 9 heteroatoms. The molecular weight excluding hydrogens is 484 g/mol. The van der Waals surface area contributed by atoms with Crippen LogP contribution in [0.4, 0.5) is 0 Å². The Labute approximate surface area is 222 Å². The van der Waals surface area contributed by atoms with Crippen LogP contribution in [-0.4, -0.2) is 41.6 Å². The number of nitrogens with one attached hydrogen (secondary N) is 2. The van der Waals surface area contributed by atoms with Gasteiger partial charge in [-0.1, -0.05) is 31.4 Å². The summed E-state index contributed by atoms with van der Waals surface area (Å²) < 4.78 is 5.89. The highest BCUT2D eigenvalue weighted by Crippen LogP contribution is 2.41. The number of aromatic nitrogens is 1. The maximum absolute atomic E-state index is 13.0. The van der Waals surface area contributed by atoms with E-state index in [1.165, 1.54) is 26.2 Å². The monoisotopic (exact) mass is 520 g/mol. The fourth-order valence-corrected chi connectivity index (χ4v) is 5.05. The van der Waals surface area contributed by atoms with Crippen LogP contribution >= 0.6 is 0 Å². The second-order valence-corrected chi connectivity index (χ2v) is 10.4. The first-order chi connectivity index (χ1) is 18.3. The van der Waals surface area contributed by atoms with Crippen LogP contribution in [0.2, 0.25) is 0 Å². The zero-order valence-electron chi connectivity index (χ0n) is 21.8. The molecule has 0 saturated heterocycles. The number of amides is 3. The molecule has 3 amide bonds. The molecule has 2 aromatic rings. The first-order valence-electron chi connectivity index (χ1n) is 13.4. The molecule has 38 heavy (non-hydrogen) atoms. The molecule has 1 aromatic heterocycles. The first kappa shape index (κ1) is 27.3. The summed E-state index contributed by atoms with van der Waals surface area (Å²) in [5.74, 6) is -0.214. The normalized spacial score (nSPS) is 16.3. The SMILES string of the molecule is CC(=O)NC(Cc1ccc(C2CC2)c(C=O)c1)C(=O)NCc1ccc(OCC2CCCCC2)c(C(N)=O)n1. The van der Waals surface area contributed by atoms with Gasteiger partial charge >= 0.3 is 0 Å². The fourth-order valence-electron chi connectivity index (χ4n) is 5.05. The number of pyridine rings is 1.